The Labute approximate surface area is 171 Å². The summed E-state index contributed by atoms with van der Waals surface area (Å²) in [6.07, 6.45) is 1.58. The summed E-state index contributed by atoms with van der Waals surface area (Å²) in [6, 6.07) is 23.4. The fourth-order valence-electron chi connectivity index (χ4n) is 2.77. The minimum absolute atomic E-state index is 0.0880. The zero-order valence-electron chi connectivity index (χ0n) is 16.6. The Balaban J connectivity index is 1.44. The molecule has 0 atom stereocenters. The average Bonchev–Trinajstić information content (AvgIpc) is 2.73. The van der Waals surface area contributed by atoms with E-state index in [1.165, 1.54) is 0 Å². The molecule has 0 saturated heterocycles. The molecule has 1 N–H and O–H groups in total. The number of amides is 1. The van der Waals surface area contributed by atoms with Crippen molar-refractivity contribution in [1.82, 2.24) is 5.43 Å². The first-order valence-electron chi connectivity index (χ1n) is 9.39. The van der Waals surface area contributed by atoms with E-state index in [0.717, 1.165) is 33.8 Å². The zero-order chi connectivity index (χ0) is 20.5. The maximum atomic E-state index is 11.9. The number of nitrogens with one attached hydrogen (secondary N) is 1. The zero-order valence-corrected chi connectivity index (χ0v) is 16.6. The molecule has 0 aliphatic carbocycles. The van der Waals surface area contributed by atoms with Gasteiger partial charge in [-0.1, -0.05) is 48.5 Å². The van der Waals surface area contributed by atoms with Gasteiger partial charge in [-0.3, -0.25) is 4.79 Å². The normalized spacial score (nSPS) is 10.7. The van der Waals surface area contributed by atoms with Crippen molar-refractivity contribution in [2.75, 3.05) is 6.61 Å². The Kier molecular flexibility index (Phi) is 7.00. The quantitative estimate of drug-likeness (QED) is 0.459. The fourth-order valence-corrected chi connectivity index (χ4v) is 2.77. The molecule has 0 unspecified atom stereocenters. The SMILES string of the molecule is Cc1cccc(C)c1OCC(=O)N/N=C\c1ccc(OCc2ccccc2)cc1. The first-order valence-corrected chi connectivity index (χ1v) is 9.39. The van der Waals surface area contributed by atoms with Crippen molar-refractivity contribution in [1.29, 1.82) is 0 Å². The van der Waals surface area contributed by atoms with Crippen molar-refractivity contribution in [3.05, 3.63) is 95.1 Å². The summed E-state index contributed by atoms with van der Waals surface area (Å²) in [5.74, 6) is 1.20. The van der Waals surface area contributed by atoms with Crippen molar-refractivity contribution >= 4 is 12.1 Å². The smallest absolute Gasteiger partial charge is 0.277 e. The molecule has 1 amide bonds. The molecule has 3 aromatic carbocycles. The molecule has 5 nitrogen and oxygen atoms in total. The number of carbonyl (C=O) groups excluding carboxylic acids is 1. The summed E-state index contributed by atoms with van der Waals surface area (Å²) in [5.41, 5.74) is 6.44. The van der Waals surface area contributed by atoms with Crippen LogP contribution in [0, 0.1) is 13.8 Å². The predicted molar refractivity (Wildman–Crippen MR) is 114 cm³/mol. The fraction of sp³-hybridized carbons (Fsp3) is 0.167. The van der Waals surface area contributed by atoms with Crippen LogP contribution in [0.15, 0.2) is 77.9 Å². The van der Waals surface area contributed by atoms with Crippen LogP contribution < -0.4 is 14.9 Å². The van der Waals surface area contributed by atoms with Crippen LogP contribution in [0.25, 0.3) is 0 Å². The molecule has 29 heavy (non-hydrogen) atoms. The van der Waals surface area contributed by atoms with Crippen molar-refractivity contribution < 1.29 is 14.3 Å². The second-order valence-electron chi connectivity index (χ2n) is 6.65. The van der Waals surface area contributed by atoms with Gasteiger partial charge in [-0.15, -0.1) is 0 Å². The van der Waals surface area contributed by atoms with Crippen LogP contribution in [0.1, 0.15) is 22.3 Å². The third-order valence-corrected chi connectivity index (χ3v) is 4.29. The van der Waals surface area contributed by atoms with E-state index in [1.54, 1.807) is 6.21 Å². The molecule has 3 aromatic rings. The number of aryl methyl sites for hydroxylation is 2. The van der Waals surface area contributed by atoms with Gasteiger partial charge in [0.15, 0.2) is 6.61 Å². The lowest BCUT2D eigenvalue weighted by molar-refractivity contribution is -0.123. The minimum Gasteiger partial charge on any atom is -0.489 e. The first-order chi connectivity index (χ1) is 14.1. The van der Waals surface area contributed by atoms with E-state index in [4.69, 9.17) is 9.47 Å². The molecule has 0 spiro atoms. The van der Waals surface area contributed by atoms with Gasteiger partial charge >= 0.3 is 0 Å². The van der Waals surface area contributed by atoms with E-state index >= 15 is 0 Å². The lowest BCUT2D eigenvalue weighted by Gasteiger charge is -2.10. The van der Waals surface area contributed by atoms with Gasteiger partial charge in [0.25, 0.3) is 5.91 Å². The Morgan fingerprint density at radius 2 is 1.59 bits per heavy atom. The maximum Gasteiger partial charge on any atom is 0.277 e. The molecule has 3 rings (SSSR count). The highest BCUT2D eigenvalue weighted by molar-refractivity contribution is 5.83. The molecular weight excluding hydrogens is 364 g/mol. The van der Waals surface area contributed by atoms with Gasteiger partial charge in [-0.2, -0.15) is 5.10 Å². The molecule has 0 bridgehead atoms. The van der Waals surface area contributed by atoms with Gasteiger partial charge < -0.3 is 9.47 Å². The Bertz CT molecular complexity index is 947. The van der Waals surface area contributed by atoms with Crippen molar-refractivity contribution in [3.8, 4) is 11.5 Å². The second-order valence-corrected chi connectivity index (χ2v) is 6.65. The number of nitrogens with zero attached hydrogens (tertiary/aromatic N) is 1. The summed E-state index contributed by atoms with van der Waals surface area (Å²) >= 11 is 0. The molecule has 0 aromatic heterocycles. The molecule has 0 heterocycles. The number of benzene rings is 3. The maximum absolute atomic E-state index is 11.9. The topological polar surface area (TPSA) is 59.9 Å². The van der Waals surface area contributed by atoms with E-state index < -0.39 is 0 Å². The van der Waals surface area contributed by atoms with Crippen LogP contribution in [0.5, 0.6) is 11.5 Å². The second kappa shape index (κ2) is 10.1. The Morgan fingerprint density at radius 3 is 2.28 bits per heavy atom. The molecule has 0 aliphatic rings. The highest BCUT2D eigenvalue weighted by Gasteiger charge is 2.06. The standard InChI is InChI=1S/C24H24N2O3/c1-18-7-6-8-19(2)24(18)29-17-23(27)26-25-15-20-11-13-22(14-12-20)28-16-21-9-4-3-5-10-21/h3-15H,16-17H2,1-2H3,(H,26,27)/b25-15-. The van der Waals surface area contributed by atoms with Crippen molar-refractivity contribution in [3.63, 3.8) is 0 Å². The van der Waals surface area contributed by atoms with Crippen LogP contribution in [-0.2, 0) is 11.4 Å². The van der Waals surface area contributed by atoms with E-state index in [9.17, 15) is 4.79 Å². The first kappa shape index (κ1) is 20.1. The number of hydrogen-bond acceptors (Lipinski definition) is 4. The summed E-state index contributed by atoms with van der Waals surface area (Å²) in [6.45, 7) is 4.33. The van der Waals surface area contributed by atoms with Crippen LogP contribution in [0.3, 0.4) is 0 Å². The van der Waals surface area contributed by atoms with Crippen LogP contribution >= 0.6 is 0 Å². The van der Waals surface area contributed by atoms with Crippen molar-refractivity contribution in [2.45, 2.75) is 20.5 Å². The van der Waals surface area contributed by atoms with Crippen LogP contribution in [0.4, 0.5) is 0 Å². The van der Waals surface area contributed by atoms with Gasteiger partial charge in [0, 0.05) is 0 Å². The van der Waals surface area contributed by atoms with E-state index in [-0.39, 0.29) is 12.5 Å². The van der Waals surface area contributed by atoms with Gasteiger partial charge in [0.1, 0.15) is 18.1 Å². The van der Waals surface area contributed by atoms with Gasteiger partial charge in [0.2, 0.25) is 0 Å². The van der Waals surface area contributed by atoms with Gasteiger partial charge in [0.05, 0.1) is 6.21 Å². The number of hydrogen-bond donors (Lipinski definition) is 1. The molecule has 0 aliphatic heterocycles. The monoisotopic (exact) mass is 388 g/mol. The minimum atomic E-state index is -0.313. The largest absolute Gasteiger partial charge is 0.489 e. The average molecular weight is 388 g/mol. The lowest BCUT2D eigenvalue weighted by Crippen LogP contribution is -2.25. The lowest BCUT2D eigenvalue weighted by atomic mass is 10.1. The molecule has 0 saturated carbocycles. The van der Waals surface area contributed by atoms with E-state index in [0.29, 0.717) is 6.61 Å². The van der Waals surface area contributed by atoms with E-state index in [1.807, 2.05) is 86.6 Å². The van der Waals surface area contributed by atoms with E-state index in [2.05, 4.69) is 10.5 Å². The third kappa shape index (κ3) is 6.21. The molecule has 148 valence electrons. The predicted octanol–water partition coefficient (Wildman–Crippen LogP) is 4.41. The number of para-hydroxylation sites is 1. The molecule has 0 fully saturated rings. The summed E-state index contributed by atoms with van der Waals surface area (Å²) < 4.78 is 11.4. The highest BCUT2D eigenvalue weighted by atomic mass is 16.5. The third-order valence-electron chi connectivity index (χ3n) is 4.29. The summed E-state index contributed by atoms with van der Waals surface area (Å²) in [5, 5.41) is 3.98. The summed E-state index contributed by atoms with van der Waals surface area (Å²) in [4.78, 5) is 11.9. The van der Waals surface area contributed by atoms with Crippen LogP contribution in [0.2, 0.25) is 0 Å². The van der Waals surface area contributed by atoms with Crippen molar-refractivity contribution in [2.24, 2.45) is 5.10 Å². The Morgan fingerprint density at radius 1 is 0.897 bits per heavy atom. The summed E-state index contributed by atoms with van der Waals surface area (Å²) in [7, 11) is 0. The Hall–Kier alpha value is -3.60. The number of hydrazone groups is 1. The number of rotatable bonds is 8. The highest BCUT2D eigenvalue weighted by Crippen LogP contribution is 2.22. The molecular formula is C24H24N2O3. The number of carbonyl (C=O) groups is 1. The molecule has 0 radical (unpaired) electrons. The van der Waals surface area contributed by atoms with Crippen LogP contribution in [-0.4, -0.2) is 18.7 Å². The number of ether oxygens (including phenoxy) is 2. The molecule has 5 heteroatoms. The van der Waals surface area contributed by atoms with Gasteiger partial charge in [-0.25, -0.2) is 5.43 Å². The van der Waals surface area contributed by atoms with Gasteiger partial charge in [-0.05, 0) is 60.4 Å².